The zero-order chi connectivity index (χ0) is 18.1. The second-order valence-electron chi connectivity index (χ2n) is 7.35. The molecule has 6 heteroatoms. The molecule has 1 aromatic carbocycles. The van der Waals surface area contributed by atoms with Crippen molar-refractivity contribution < 1.29 is 13.9 Å². The van der Waals surface area contributed by atoms with Crippen LogP contribution in [0.4, 0.5) is 4.39 Å². The number of aromatic nitrogens is 1. The van der Waals surface area contributed by atoms with Crippen molar-refractivity contribution in [3.05, 3.63) is 46.0 Å². The number of ether oxygens (including phenoxy) is 1. The van der Waals surface area contributed by atoms with E-state index in [0.29, 0.717) is 19.0 Å². The minimum absolute atomic E-state index is 0.0444. The van der Waals surface area contributed by atoms with E-state index in [4.69, 9.17) is 4.74 Å². The summed E-state index contributed by atoms with van der Waals surface area (Å²) >= 11 is 0. The van der Waals surface area contributed by atoms with Crippen molar-refractivity contribution in [1.82, 2.24) is 9.88 Å². The minimum Gasteiger partial charge on any atom is -0.376 e. The van der Waals surface area contributed by atoms with Crippen LogP contribution in [0.1, 0.15) is 42.6 Å². The average molecular weight is 358 g/mol. The highest BCUT2D eigenvalue weighted by atomic mass is 19.1. The summed E-state index contributed by atoms with van der Waals surface area (Å²) < 4.78 is 19.8. The molecular formula is C20H23FN2O3. The van der Waals surface area contributed by atoms with Crippen LogP contribution in [0.3, 0.4) is 0 Å². The lowest BCUT2D eigenvalue weighted by atomic mass is 9.85. The van der Waals surface area contributed by atoms with Gasteiger partial charge in [0, 0.05) is 31.1 Å². The topological polar surface area (TPSA) is 62.4 Å². The minimum atomic E-state index is -0.529. The van der Waals surface area contributed by atoms with Crippen molar-refractivity contribution in [3.8, 4) is 0 Å². The molecule has 5 nitrogen and oxygen atoms in total. The lowest BCUT2D eigenvalue weighted by molar-refractivity contribution is 0.0444. The molecule has 2 aliphatic rings. The standard InChI is InChI=1S/C20H23FN2O3/c21-16-8-2-7-15-18(24)10-17(22-19(15)16)20(25)23(11-13-4-1-5-13)12-14-6-3-9-26-14/h2,7-8,10,13-14H,1,3-6,9,11-12H2,(H,22,24)/t14-/m1/s1. The number of amides is 1. The Morgan fingerprint density at radius 1 is 1.23 bits per heavy atom. The smallest absolute Gasteiger partial charge is 0.270 e. The lowest BCUT2D eigenvalue weighted by Crippen LogP contribution is -2.42. The molecule has 1 saturated heterocycles. The van der Waals surface area contributed by atoms with E-state index in [2.05, 4.69) is 4.98 Å². The molecule has 0 radical (unpaired) electrons. The van der Waals surface area contributed by atoms with Crippen LogP contribution in [0.2, 0.25) is 0 Å². The Kier molecular flexibility index (Phi) is 4.76. The Balaban J connectivity index is 1.64. The van der Waals surface area contributed by atoms with Crippen LogP contribution in [-0.2, 0) is 4.74 Å². The largest absolute Gasteiger partial charge is 0.376 e. The molecule has 1 aliphatic heterocycles. The molecule has 2 aromatic rings. The fourth-order valence-corrected chi connectivity index (χ4v) is 3.78. The van der Waals surface area contributed by atoms with E-state index in [0.717, 1.165) is 32.3 Å². The third-order valence-electron chi connectivity index (χ3n) is 5.48. The van der Waals surface area contributed by atoms with Gasteiger partial charge in [0.15, 0.2) is 5.43 Å². The van der Waals surface area contributed by atoms with Crippen LogP contribution in [0.15, 0.2) is 29.1 Å². The van der Waals surface area contributed by atoms with Gasteiger partial charge in [0.05, 0.1) is 11.6 Å². The molecule has 138 valence electrons. The summed E-state index contributed by atoms with van der Waals surface area (Å²) in [5.41, 5.74) is -0.115. The number of hydrogen-bond donors (Lipinski definition) is 1. The number of pyridine rings is 1. The summed E-state index contributed by atoms with van der Waals surface area (Å²) in [6.45, 7) is 1.91. The lowest BCUT2D eigenvalue weighted by Gasteiger charge is -2.33. The van der Waals surface area contributed by atoms with E-state index in [1.165, 1.54) is 24.6 Å². The first-order valence-corrected chi connectivity index (χ1v) is 9.34. The first-order chi connectivity index (χ1) is 12.6. The predicted molar refractivity (Wildman–Crippen MR) is 96.7 cm³/mol. The molecular weight excluding hydrogens is 335 g/mol. The van der Waals surface area contributed by atoms with Crippen molar-refractivity contribution in [2.75, 3.05) is 19.7 Å². The molecule has 1 saturated carbocycles. The van der Waals surface area contributed by atoms with Gasteiger partial charge in [-0.2, -0.15) is 0 Å². The van der Waals surface area contributed by atoms with Crippen molar-refractivity contribution in [2.45, 2.75) is 38.2 Å². The molecule has 0 spiro atoms. The Bertz CT molecular complexity index is 869. The second kappa shape index (κ2) is 7.19. The maximum Gasteiger partial charge on any atom is 0.270 e. The van der Waals surface area contributed by atoms with Crippen LogP contribution >= 0.6 is 0 Å². The molecule has 1 amide bonds. The van der Waals surface area contributed by atoms with Crippen molar-refractivity contribution in [1.29, 1.82) is 0 Å². The third-order valence-corrected chi connectivity index (χ3v) is 5.48. The van der Waals surface area contributed by atoms with Gasteiger partial charge in [0.2, 0.25) is 0 Å². The zero-order valence-electron chi connectivity index (χ0n) is 14.7. The van der Waals surface area contributed by atoms with Crippen LogP contribution in [0, 0.1) is 11.7 Å². The number of benzene rings is 1. The fourth-order valence-electron chi connectivity index (χ4n) is 3.78. The van der Waals surface area contributed by atoms with Gasteiger partial charge in [0.1, 0.15) is 11.5 Å². The number of halogens is 1. The van der Waals surface area contributed by atoms with Gasteiger partial charge >= 0.3 is 0 Å². The summed E-state index contributed by atoms with van der Waals surface area (Å²) in [5.74, 6) is -0.280. The van der Waals surface area contributed by atoms with Crippen LogP contribution in [-0.4, -0.2) is 41.6 Å². The normalized spacial score (nSPS) is 20.3. The Hall–Kier alpha value is -2.21. The van der Waals surface area contributed by atoms with Crippen molar-refractivity contribution >= 4 is 16.8 Å². The number of rotatable bonds is 5. The molecule has 4 rings (SSSR count). The van der Waals surface area contributed by atoms with Gasteiger partial charge in [-0.25, -0.2) is 4.39 Å². The number of fused-ring (bicyclic) bond motifs is 1. The number of carbonyl (C=O) groups excluding carboxylic acids is 1. The number of aromatic amines is 1. The number of carbonyl (C=O) groups is 1. The maximum atomic E-state index is 14.1. The molecule has 1 N–H and O–H groups in total. The van der Waals surface area contributed by atoms with E-state index in [-0.39, 0.29) is 34.0 Å². The molecule has 2 heterocycles. The van der Waals surface area contributed by atoms with E-state index in [1.54, 1.807) is 11.0 Å². The van der Waals surface area contributed by atoms with Gasteiger partial charge < -0.3 is 14.6 Å². The van der Waals surface area contributed by atoms with Crippen LogP contribution in [0.25, 0.3) is 10.9 Å². The maximum absolute atomic E-state index is 14.1. The van der Waals surface area contributed by atoms with Gasteiger partial charge in [-0.1, -0.05) is 12.5 Å². The van der Waals surface area contributed by atoms with Crippen molar-refractivity contribution in [3.63, 3.8) is 0 Å². The zero-order valence-corrected chi connectivity index (χ0v) is 14.7. The first kappa shape index (κ1) is 17.2. The summed E-state index contributed by atoms with van der Waals surface area (Å²) in [4.78, 5) is 30.0. The highest BCUT2D eigenvalue weighted by Gasteiger charge is 2.28. The Morgan fingerprint density at radius 3 is 2.77 bits per heavy atom. The predicted octanol–water partition coefficient (Wildman–Crippen LogP) is 3.09. The molecule has 26 heavy (non-hydrogen) atoms. The number of para-hydroxylation sites is 1. The number of hydrogen-bond acceptors (Lipinski definition) is 3. The summed E-state index contributed by atoms with van der Waals surface area (Å²) in [6.07, 6.45) is 5.44. The molecule has 1 atom stereocenters. The van der Waals surface area contributed by atoms with Gasteiger partial charge in [0.25, 0.3) is 5.91 Å². The van der Waals surface area contributed by atoms with Gasteiger partial charge in [-0.3, -0.25) is 9.59 Å². The summed E-state index contributed by atoms with van der Waals surface area (Å²) in [7, 11) is 0. The van der Waals surface area contributed by atoms with E-state index in [1.807, 2.05) is 0 Å². The first-order valence-electron chi connectivity index (χ1n) is 9.34. The third kappa shape index (κ3) is 3.38. The number of nitrogens with zero attached hydrogens (tertiary/aromatic N) is 1. The molecule has 1 aliphatic carbocycles. The Labute approximate surface area is 151 Å². The van der Waals surface area contributed by atoms with Crippen molar-refractivity contribution in [2.24, 2.45) is 5.92 Å². The van der Waals surface area contributed by atoms with Crippen LogP contribution in [0.5, 0.6) is 0 Å². The number of nitrogens with one attached hydrogen (secondary N) is 1. The monoisotopic (exact) mass is 358 g/mol. The summed E-state index contributed by atoms with van der Waals surface area (Å²) in [6, 6.07) is 5.62. The second-order valence-corrected chi connectivity index (χ2v) is 7.35. The van der Waals surface area contributed by atoms with Crippen LogP contribution < -0.4 is 5.43 Å². The van der Waals surface area contributed by atoms with E-state index >= 15 is 0 Å². The SMILES string of the molecule is O=C(c1cc(=O)c2cccc(F)c2[nH]1)N(CC1CCC1)C[C@H]1CCCO1. The molecule has 2 fully saturated rings. The molecule has 1 aromatic heterocycles. The highest BCUT2D eigenvalue weighted by Crippen LogP contribution is 2.28. The van der Waals surface area contributed by atoms with E-state index < -0.39 is 5.82 Å². The van der Waals surface area contributed by atoms with Gasteiger partial charge in [-0.05, 0) is 43.7 Å². The summed E-state index contributed by atoms with van der Waals surface area (Å²) in [5, 5.41) is 0.256. The Morgan fingerprint density at radius 2 is 2.08 bits per heavy atom. The average Bonchev–Trinajstić information content (AvgIpc) is 3.10. The molecule has 0 unspecified atom stereocenters. The molecule has 0 bridgehead atoms. The number of H-pyrrole nitrogens is 1. The fraction of sp³-hybridized carbons (Fsp3) is 0.500. The van der Waals surface area contributed by atoms with Gasteiger partial charge in [-0.15, -0.1) is 0 Å². The van der Waals surface area contributed by atoms with E-state index in [9.17, 15) is 14.0 Å². The highest BCUT2D eigenvalue weighted by molar-refractivity contribution is 5.95. The quantitative estimate of drug-likeness (QED) is 0.893.